The van der Waals surface area contributed by atoms with E-state index in [2.05, 4.69) is 18.8 Å². The molecule has 0 aromatic carbocycles. The third kappa shape index (κ3) is 3.33. The summed E-state index contributed by atoms with van der Waals surface area (Å²) in [7, 11) is 0. The first-order valence-electron chi connectivity index (χ1n) is 7.58. The SMILES string of the molecule is Cc1nc(C2CCC(C(C)C)CC2)ncc1[C@@H](C)N. The molecule has 0 radical (unpaired) electrons. The molecule has 1 aliphatic rings. The molecule has 1 heterocycles. The molecule has 3 heteroatoms. The van der Waals surface area contributed by atoms with Gasteiger partial charge in [0, 0.05) is 29.4 Å². The van der Waals surface area contributed by atoms with E-state index in [4.69, 9.17) is 10.7 Å². The molecule has 19 heavy (non-hydrogen) atoms. The van der Waals surface area contributed by atoms with E-state index in [1.165, 1.54) is 25.7 Å². The molecule has 1 aromatic heterocycles. The summed E-state index contributed by atoms with van der Waals surface area (Å²) in [5, 5.41) is 0. The minimum atomic E-state index is 0.0192. The van der Waals surface area contributed by atoms with E-state index in [1.807, 2.05) is 20.0 Å². The lowest BCUT2D eigenvalue weighted by molar-refractivity contribution is 0.254. The number of hydrogen-bond acceptors (Lipinski definition) is 3. The summed E-state index contributed by atoms with van der Waals surface area (Å²) in [5.41, 5.74) is 8.03. The van der Waals surface area contributed by atoms with Crippen LogP contribution in [-0.4, -0.2) is 9.97 Å². The molecule has 3 nitrogen and oxygen atoms in total. The first kappa shape index (κ1) is 14.4. The van der Waals surface area contributed by atoms with Crippen LogP contribution in [-0.2, 0) is 0 Å². The van der Waals surface area contributed by atoms with E-state index in [9.17, 15) is 0 Å². The molecular formula is C16H27N3. The Balaban J connectivity index is 2.06. The van der Waals surface area contributed by atoms with Crippen LogP contribution in [0.1, 0.15) is 75.5 Å². The van der Waals surface area contributed by atoms with Crippen molar-refractivity contribution in [2.24, 2.45) is 17.6 Å². The van der Waals surface area contributed by atoms with Crippen LogP contribution < -0.4 is 5.73 Å². The van der Waals surface area contributed by atoms with Crippen LogP contribution in [0.2, 0.25) is 0 Å². The molecule has 1 atom stereocenters. The number of aromatic nitrogens is 2. The minimum absolute atomic E-state index is 0.0192. The second-order valence-electron chi connectivity index (χ2n) is 6.41. The third-order valence-electron chi connectivity index (χ3n) is 4.61. The van der Waals surface area contributed by atoms with Crippen molar-refractivity contribution in [3.05, 3.63) is 23.3 Å². The van der Waals surface area contributed by atoms with Gasteiger partial charge < -0.3 is 5.73 Å². The molecule has 1 fully saturated rings. The fourth-order valence-corrected chi connectivity index (χ4v) is 3.18. The summed E-state index contributed by atoms with van der Waals surface area (Å²) in [5.74, 6) is 3.28. The van der Waals surface area contributed by atoms with E-state index < -0.39 is 0 Å². The number of aryl methyl sites for hydroxylation is 1. The van der Waals surface area contributed by atoms with Gasteiger partial charge in [0.1, 0.15) is 5.82 Å². The van der Waals surface area contributed by atoms with Gasteiger partial charge >= 0.3 is 0 Å². The summed E-state index contributed by atoms with van der Waals surface area (Å²) in [6.07, 6.45) is 7.04. The average Bonchev–Trinajstić information content (AvgIpc) is 2.38. The highest BCUT2D eigenvalue weighted by atomic mass is 14.9. The number of nitrogens with zero attached hydrogens (tertiary/aromatic N) is 2. The Kier molecular flexibility index (Phi) is 4.56. The van der Waals surface area contributed by atoms with Gasteiger partial charge in [0.2, 0.25) is 0 Å². The lowest BCUT2D eigenvalue weighted by Gasteiger charge is -2.30. The maximum absolute atomic E-state index is 5.91. The molecule has 106 valence electrons. The minimum Gasteiger partial charge on any atom is -0.324 e. The van der Waals surface area contributed by atoms with Crippen molar-refractivity contribution in [1.29, 1.82) is 0 Å². The molecule has 2 rings (SSSR count). The Morgan fingerprint density at radius 1 is 1.16 bits per heavy atom. The fraction of sp³-hybridized carbons (Fsp3) is 0.750. The predicted octanol–water partition coefficient (Wildman–Crippen LogP) is 3.73. The highest BCUT2D eigenvalue weighted by Gasteiger charge is 2.26. The van der Waals surface area contributed by atoms with Crippen LogP contribution in [0, 0.1) is 18.8 Å². The Bertz CT molecular complexity index is 418. The van der Waals surface area contributed by atoms with Crippen LogP contribution in [0.5, 0.6) is 0 Å². The Morgan fingerprint density at radius 2 is 1.79 bits per heavy atom. The number of hydrogen-bond donors (Lipinski definition) is 1. The molecule has 0 bridgehead atoms. The first-order valence-corrected chi connectivity index (χ1v) is 7.58. The van der Waals surface area contributed by atoms with Gasteiger partial charge in [-0.25, -0.2) is 9.97 Å². The quantitative estimate of drug-likeness (QED) is 0.902. The molecule has 1 aromatic rings. The van der Waals surface area contributed by atoms with Crippen molar-refractivity contribution in [2.75, 3.05) is 0 Å². The van der Waals surface area contributed by atoms with Gasteiger partial charge in [-0.3, -0.25) is 0 Å². The van der Waals surface area contributed by atoms with Crippen molar-refractivity contribution in [1.82, 2.24) is 9.97 Å². The van der Waals surface area contributed by atoms with Gasteiger partial charge in [-0.2, -0.15) is 0 Å². The normalized spacial score (nSPS) is 25.6. The molecule has 1 saturated carbocycles. The molecule has 0 saturated heterocycles. The van der Waals surface area contributed by atoms with E-state index in [-0.39, 0.29) is 6.04 Å². The van der Waals surface area contributed by atoms with Crippen LogP contribution in [0.3, 0.4) is 0 Å². The van der Waals surface area contributed by atoms with Crippen molar-refractivity contribution in [3.63, 3.8) is 0 Å². The highest BCUT2D eigenvalue weighted by Crippen LogP contribution is 2.37. The van der Waals surface area contributed by atoms with Gasteiger partial charge in [-0.15, -0.1) is 0 Å². The van der Waals surface area contributed by atoms with Crippen LogP contribution in [0.4, 0.5) is 0 Å². The maximum atomic E-state index is 5.91. The lowest BCUT2D eigenvalue weighted by atomic mass is 9.76. The Labute approximate surface area is 117 Å². The van der Waals surface area contributed by atoms with Gasteiger partial charge in [0.15, 0.2) is 0 Å². The van der Waals surface area contributed by atoms with Gasteiger partial charge in [0.25, 0.3) is 0 Å². The topological polar surface area (TPSA) is 51.8 Å². The molecule has 0 unspecified atom stereocenters. The largest absolute Gasteiger partial charge is 0.324 e. The van der Waals surface area contributed by atoms with Crippen LogP contribution >= 0.6 is 0 Å². The molecule has 1 aliphatic carbocycles. The Hall–Kier alpha value is -0.960. The highest BCUT2D eigenvalue weighted by molar-refractivity contribution is 5.20. The zero-order valence-electron chi connectivity index (χ0n) is 12.7. The van der Waals surface area contributed by atoms with E-state index in [1.54, 1.807) is 0 Å². The van der Waals surface area contributed by atoms with Crippen molar-refractivity contribution in [2.45, 2.75) is 65.3 Å². The standard InChI is InChI=1S/C16H27N3/c1-10(2)13-5-7-14(8-6-13)16-18-9-15(11(3)17)12(4)19-16/h9-11,13-14H,5-8,17H2,1-4H3/t11-,13?,14?/m1/s1. The second-order valence-corrected chi connectivity index (χ2v) is 6.41. The summed E-state index contributed by atoms with van der Waals surface area (Å²) in [4.78, 5) is 9.26. The fourth-order valence-electron chi connectivity index (χ4n) is 3.18. The van der Waals surface area contributed by atoms with E-state index in [0.717, 1.165) is 28.9 Å². The third-order valence-corrected chi connectivity index (χ3v) is 4.61. The molecule has 0 spiro atoms. The van der Waals surface area contributed by atoms with E-state index in [0.29, 0.717) is 5.92 Å². The van der Waals surface area contributed by atoms with E-state index >= 15 is 0 Å². The molecule has 0 aliphatic heterocycles. The van der Waals surface area contributed by atoms with Crippen molar-refractivity contribution in [3.8, 4) is 0 Å². The smallest absolute Gasteiger partial charge is 0.131 e. The number of rotatable bonds is 3. The van der Waals surface area contributed by atoms with Gasteiger partial charge in [0.05, 0.1) is 0 Å². The van der Waals surface area contributed by atoms with Crippen molar-refractivity contribution >= 4 is 0 Å². The lowest BCUT2D eigenvalue weighted by Crippen LogP contribution is -2.19. The summed E-state index contributed by atoms with van der Waals surface area (Å²) in [6, 6.07) is 0.0192. The Morgan fingerprint density at radius 3 is 2.26 bits per heavy atom. The summed E-state index contributed by atoms with van der Waals surface area (Å²) < 4.78 is 0. The number of nitrogens with two attached hydrogens (primary N) is 1. The molecule has 2 N–H and O–H groups in total. The van der Waals surface area contributed by atoms with Crippen molar-refractivity contribution < 1.29 is 0 Å². The maximum Gasteiger partial charge on any atom is 0.131 e. The second kappa shape index (κ2) is 6.00. The average molecular weight is 261 g/mol. The molecular weight excluding hydrogens is 234 g/mol. The van der Waals surface area contributed by atoms with Gasteiger partial charge in [-0.05, 0) is 51.4 Å². The monoisotopic (exact) mass is 261 g/mol. The zero-order chi connectivity index (χ0) is 14.0. The van der Waals surface area contributed by atoms with Crippen LogP contribution in [0.15, 0.2) is 6.20 Å². The zero-order valence-corrected chi connectivity index (χ0v) is 12.7. The summed E-state index contributed by atoms with van der Waals surface area (Å²) in [6.45, 7) is 8.70. The van der Waals surface area contributed by atoms with Gasteiger partial charge in [-0.1, -0.05) is 13.8 Å². The molecule has 0 amide bonds. The summed E-state index contributed by atoms with van der Waals surface area (Å²) >= 11 is 0. The van der Waals surface area contributed by atoms with Crippen LogP contribution in [0.25, 0.3) is 0 Å². The first-order chi connectivity index (χ1) is 8.99. The predicted molar refractivity (Wildman–Crippen MR) is 78.9 cm³/mol.